The fourth-order valence-electron chi connectivity index (χ4n) is 4.65. The summed E-state index contributed by atoms with van der Waals surface area (Å²) < 4.78 is 8.83. The van der Waals surface area contributed by atoms with Gasteiger partial charge in [0.15, 0.2) is 0 Å². The number of amides is 1. The van der Waals surface area contributed by atoms with Gasteiger partial charge in [-0.3, -0.25) is 19.0 Å². The van der Waals surface area contributed by atoms with E-state index in [9.17, 15) is 14.9 Å². The first-order valence-corrected chi connectivity index (χ1v) is 12.2. The number of benzene rings is 2. The molecule has 0 aliphatic carbocycles. The van der Waals surface area contributed by atoms with Crippen LogP contribution in [0.2, 0.25) is 0 Å². The van der Waals surface area contributed by atoms with Crippen LogP contribution in [-0.4, -0.2) is 46.5 Å². The van der Waals surface area contributed by atoms with Gasteiger partial charge in [-0.15, -0.1) is 0 Å². The molecule has 0 unspecified atom stereocenters. The number of hydrogen-bond acceptors (Lipinski definition) is 4. The van der Waals surface area contributed by atoms with Gasteiger partial charge in [0.2, 0.25) is 5.91 Å². The molecule has 1 aliphatic heterocycles. The SMILES string of the molecule is CCCCc1c(Cc2ccc(-c3ccccc3C#N)cc2)c(=O)n(C)n1CC(=O)N1CCOCC1. The van der Waals surface area contributed by atoms with Crippen molar-refractivity contribution >= 4 is 5.91 Å². The van der Waals surface area contributed by atoms with Crippen molar-refractivity contribution < 1.29 is 9.53 Å². The molecule has 2 heterocycles. The Hall–Kier alpha value is -3.63. The van der Waals surface area contributed by atoms with E-state index in [1.54, 1.807) is 11.7 Å². The lowest BCUT2D eigenvalue weighted by molar-refractivity contribution is -0.136. The van der Waals surface area contributed by atoms with E-state index in [0.29, 0.717) is 38.3 Å². The third-order valence-corrected chi connectivity index (χ3v) is 6.68. The highest BCUT2D eigenvalue weighted by atomic mass is 16.5. The second-order valence-electron chi connectivity index (χ2n) is 8.94. The van der Waals surface area contributed by atoms with Crippen LogP contribution in [-0.2, 0) is 36.0 Å². The Bertz CT molecular complexity index is 1280. The van der Waals surface area contributed by atoms with Gasteiger partial charge in [0.05, 0.1) is 24.8 Å². The van der Waals surface area contributed by atoms with Crippen LogP contribution in [0.1, 0.15) is 42.1 Å². The molecule has 1 aromatic heterocycles. The standard InChI is InChI=1S/C28H32N4O3/c1-3-4-9-26-25(28(34)30(2)32(26)20-27(33)31-14-16-35-17-15-31)18-21-10-12-22(13-11-21)24-8-6-5-7-23(24)19-29/h5-8,10-13H,3-4,9,14-18,20H2,1-2H3. The molecule has 3 aromatic rings. The molecule has 0 saturated carbocycles. The fourth-order valence-corrected chi connectivity index (χ4v) is 4.65. The highest BCUT2D eigenvalue weighted by molar-refractivity contribution is 5.76. The van der Waals surface area contributed by atoms with Gasteiger partial charge in [-0.2, -0.15) is 5.26 Å². The van der Waals surface area contributed by atoms with E-state index < -0.39 is 0 Å². The molecule has 0 spiro atoms. The molecule has 4 rings (SSSR count). The Balaban J connectivity index is 1.61. The predicted octanol–water partition coefficient (Wildman–Crippen LogP) is 3.52. The number of carbonyl (C=O) groups excluding carboxylic acids is 1. The lowest BCUT2D eigenvalue weighted by atomic mass is 9.97. The second-order valence-corrected chi connectivity index (χ2v) is 8.94. The highest BCUT2D eigenvalue weighted by Crippen LogP contribution is 2.24. The zero-order valence-corrected chi connectivity index (χ0v) is 20.5. The molecule has 7 heteroatoms. The van der Waals surface area contributed by atoms with Crippen molar-refractivity contribution in [1.82, 2.24) is 14.3 Å². The van der Waals surface area contributed by atoms with Gasteiger partial charge in [-0.05, 0) is 35.6 Å². The van der Waals surface area contributed by atoms with Crippen LogP contribution < -0.4 is 5.56 Å². The average molecular weight is 473 g/mol. The summed E-state index contributed by atoms with van der Waals surface area (Å²) in [6, 6.07) is 17.8. The lowest BCUT2D eigenvalue weighted by Crippen LogP contribution is -2.43. The van der Waals surface area contributed by atoms with E-state index in [-0.39, 0.29) is 18.0 Å². The molecule has 7 nitrogen and oxygen atoms in total. The van der Waals surface area contributed by atoms with Gasteiger partial charge in [-0.25, -0.2) is 0 Å². The third kappa shape index (κ3) is 5.39. The molecular formula is C28H32N4O3. The van der Waals surface area contributed by atoms with Gasteiger partial charge in [0.1, 0.15) is 6.54 Å². The van der Waals surface area contributed by atoms with Gasteiger partial charge in [-0.1, -0.05) is 55.8 Å². The Morgan fingerprint density at radius 2 is 1.80 bits per heavy atom. The van der Waals surface area contributed by atoms with E-state index in [0.717, 1.165) is 47.2 Å². The average Bonchev–Trinajstić information content (AvgIpc) is 3.12. The molecule has 0 atom stereocenters. The number of nitriles is 1. The third-order valence-electron chi connectivity index (χ3n) is 6.68. The Labute approximate surface area is 206 Å². The van der Waals surface area contributed by atoms with Crippen molar-refractivity contribution in [2.24, 2.45) is 7.05 Å². The van der Waals surface area contributed by atoms with Crippen molar-refractivity contribution in [1.29, 1.82) is 5.26 Å². The fraction of sp³-hybridized carbons (Fsp3) is 0.393. The summed E-state index contributed by atoms with van der Waals surface area (Å²) >= 11 is 0. The summed E-state index contributed by atoms with van der Waals surface area (Å²) in [4.78, 5) is 28.0. The highest BCUT2D eigenvalue weighted by Gasteiger charge is 2.23. The summed E-state index contributed by atoms with van der Waals surface area (Å²) in [6.45, 7) is 4.58. The molecule has 0 radical (unpaired) electrons. The summed E-state index contributed by atoms with van der Waals surface area (Å²) in [5.74, 6) is 0.0173. The first-order valence-electron chi connectivity index (χ1n) is 12.2. The summed E-state index contributed by atoms with van der Waals surface area (Å²) in [6.07, 6.45) is 3.22. The lowest BCUT2D eigenvalue weighted by Gasteiger charge is -2.27. The first kappa shape index (κ1) is 24.5. The molecule has 1 aliphatic rings. The zero-order valence-electron chi connectivity index (χ0n) is 20.5. The molecule has 1 fully saturated rings. The quantitative estimate of drug-likeness (QED) is 0.502. The van der Waals surface area contributed by atoms with Crippen molar-refractivity contribution in [2.45, 2.75) is 39.2 Å². The van der Waals surface area contributed by atoms with Crippen LogP contribution in [0.5, 0.6) is 0 Å². The van der Waals surface area contributed by atoms with Crippen molar-refractivity contribution in [3.8, 4) is 17.2 Å². The molecule has 2 aromatic carbocycles. The molecule has 0 N–H and O–H groups in total. The van der Waals surface area contributed by atoms with Gasteiger partial charge >= 0.3 is 0 Å². The number of morpholine rings is 1. The van der Waals surface area contributed by atoms with Crippen LogP contribution in [0, 0.1) is 11.3 Å². The maximum absolute atomic E-state index is 13.3. The number of unbranched alkanes of at least 4 members (excludes halogenated alkanes) is 1. The molecule has 35 heavy (non-hydrogen) atoms. The maximum atomic E-state index is 13.3. The normalized spacial score (nSPS) is 13.6. The van der Waals surface area contributed by atoms with Crippen molar-refractivity contribution in [3.05, 3.63) is 81.3 Å². The monoisotopic (exact) mass is 472 g/mol. The molecule has 1 saturated heterocycles. The van der Waals surface area contributed by atoms with Gasteiger partial charge in [0.25, 0.3) is 5.56 Å². The van der Waals surface area contributed by atoms with E-state index in [4.69, 9.17) is 4.74 Å². The Morgan fingerprint density at radius 3 is 2.49 bits per heavy atom. The van der Waals surface area contributed by atoms with Gasteiger partial charge in [0, 0.05) is 37.8 Å². The number of carbonyl (C=O) groups is 1. The number of hydrogen-bond donors (Lipinski definition) is 0. The number of rotatable bonds is 8. The number of ether oxygens (including phenoxy) is 1. The van der Waals surface area contributed by atoms with E-state index in [2.05, 4.69) is 13.0 Å². The molecule has 1 amide bonds. The van der Waals surface area contributed by atoms with Crippen LogP contribution in [0.3, 0.4) is 0 Å². The van der Waals surface area contributed by atoms with Crippen LogP contribution in [0.15, 0.2) is 53.3 Å². The van der Waals surface area contributed by atoms with Crippen molar-refractivity contribution in [2.75, 3.05) is 26.3 Å². The first-order chi connectivity index (χ1) is 17.0. The summed E-state index contributed by atoms with van der Waals surface area (Å²) in [5, 5.41) is 9.41. The molecule has 0 bridgehead atoms. The smallest absolute Gasteiger partial charge is 0.270 e. The minimum atomic E-state index is -0.0511. The summed E-state index contributed by atoms with van der Waals surface area (Å²) in [7, 11) is 1.75. The zero-order chi connectivity index (χ0) is 24.8. The van der Waals surface area contributed by atoms with E-state index in [1.807, 2.05) is 58.1 Å². The Morgan fingerprint density at radius 1 is 1.09 bits per heavy atom. The number of nitrogens with zero attached hydrogens (tertiary/aromatic N) is 4. The molecule has 182 valence electrons. The minimum absolute atomic E-state index is 0.0173. The largest absolute Gasteiger partial charge is 0.378 e. The van der Waals surface area contributed by atoms with E-state index in [1.165, 1.54) is 0 Å². The Kier molecular flexibility index (Phi) is 7.84. The van der Waals surface area contributed by atoms with E-state index >= 15 is 0 Å². The topological polar surface area (TPSA) is 80.3 Å². The van der Waals surface area contributed by atoms with Crippen LogP contribution in [0.25, 0.3) is 11.1 Å². The van der Waals surface area contributed by atoms with Crippen LogP contribution in [0.4, 0.5) is 0 Å². The van der Waals surface area contributed by atoms with Gasteiger partial charge < -0.3 is 9.64 Å². The second kappa shape index (κ2) is 11.2. The maximum Gasteiger partial charge on any atom is 0.270 e. The molecular weight excluding hydrogens is 440 g/mol. The predicted molar refractivity (Wildman–Crippen MR) is 135 cm³/mol. The minimum Gasteiger partial charge on any atom is -0.378 e. The number of aromatic nitrogens is 2. The van der Waals surface area contributed by atoms with Crippen LogP contribution >= 0.6 is 0 Å². The van der Waals surface area contributed by atoms with Crippen molar-refractivity contribution in [3.63, 3.8) is 0 Å². The summed E-state index contributed by atoms with van der Waals surface area (Å²) in [5.41, 5.74) is 5.17.